The second kappa shape index (κ2) is 4.31. The van der Waals surface area contributed by atoms with Crippen molar-refractivity contribution in [3.8, 4) is 11.1 Å². The van der Waals surface area contributed by atoms with Crippen LogP contribution in [-0.2, 0) is 0 Å². The fraction of sp³-hybridized carbons (Fsp3) is 0. The molecule has 0 amide bonds. The highest BCUT2D eigenvalue weighted by Crippen LogP contribution is 2.32. The third-order valence-corrected chi connectivity index (χ3v) is 3.15. The molecule has 0 radical (unpaired) electrons. The Hall–Kier alpha value is -2.06. The fourth-order valence-corrected chi connectivity index (χ4v) is 2.34. The number of hydrogen-bond donors (Lipinski definition) is 1. The van der Waals surface area contributed by atoms with Crippen LogP contribution in [0.3, 0.4) is 0 Å². The van der Waals surface area contributed by atoms with Gasteiger partial charge in [-0.15, -0.1) is 0 Å². The largest absolute Gasteiger partial charge is 0.351 e. The molecule has 0 spiro atoms. The smallest absolute Gasteiger partial charge is 0.269 e. The van der Waals surface area contributed by atoms with Crippen molar-refractivity contribution in [2.24, 2.45) is 0 Å². The molecule has 0 saturated heterocycles. The number of carbonyl (C=O) groups is 1. The van der Waals surface area contributed by atoms with E-state index in [1.54, 1.807) is 0 Å². The number of fused-ring (bicyclic) bond motifs is 1. The van der Waals surface area contributed by atoms with Crippen LogP contribution >= 0.6 is 11.6 Å². The van der Waals surface area contributed by atoms with Gasteiger partial charge in [0.1, 0.15) is 5.69 Å². The summed E-state index contributed by atoms with van der Waals surface area (Å²) in [7, 11) is 0. The van der Waals surface area contributed by atoms with E-state index in [1.165, 1.54) is 0 Å². The van der Waals surface area contributed by atoms with E-state index in [2.05, 4.69) is 4.98 Å². The minimum Gasteiger partial charge on any atom is -0.351 e. The lowest BCUT2D eigenvalue weighted by atomic mass is 10.0. The van der Waals surface area contributed by atoms with Crippen molar-refractivity contribution in [2.75, 3.05) is 0 Å². The first-order chi connectivity index (χ1) is 8.77. The molecule has 0 aliphatic rings. The number of benzene rings is 2. The Labute approximate surface area is 109 Å². The van der Waals surface area contributed by atoms with Gasteiger partial charge in [0.05, 0.1) is 0 Å². The second-order valence-electron chi connectivity index (χ2n) is 4.06. The van der Waals surface area contributed by atoms with Gasteiger partial charge >= 0.3 is 0 Å². The summed E-state index contributed by atoms with van der Waals surface area (Å²) in [6, 6.07) is 17.6. The highest BCUT2D eigenvalue weighted by atomic mass is 35.5. The van der Waals surface area contributed by atoms with Crippen LogP contribution in [0.25, 0.3) is 22.0 Å². The van der Waals surface area contributed by atoms with Crippen molar-refractivity contribution in [1.82, 2.24) is 4.98 Å². The number of H-pyrrole nitrogens is 1. The van der Waals surface area contributed by atoms with Gasteiger partial charge in [-0.05, 0) is 23.2 Å². The Morgan fingerprint density at radius 2 is 1.61 bits per heavy atom. The zero-order chi connectivity index (χ0) is 12.5. The molecule has 18 heavy (non-hydrogen) atoms. The molecule has 88 valence electrons. The van der Waals surface area contributed by atoms with Crippen LogP contribution in [0.5, 0.6) is 0 Å². The maximum atomic E-state index is 11.5. The molecule has 1 aromatic heterocycles. The monoisotopic (exact) mass is 255 g/mol. The van der Waals surface area contributed by atoms with Crippen LogP contribution in [0.15, 0.2) is 54.6 Å². The van der Waals surface area contributed by atoms with Crippen LogP contribution in [0.4, 0.5) is 0 Å². The summed E-state index contributed by atoms with van der Waals surface area (Å²) in [5, 5.41) is 0.540. The first kappa shape index (κ1) is 11.1. The number of nitrogens with one attached hydrogen (secondary N) is 1. The van der Waals surface area contributed by atoms with Gasteiger partial charge in [-0.25, -0.2) is 0 Å². The van der Waals surface area contributed by atoms with Gasteiger partial charge in [-0.3, -0.25) is 4.79 Å². The molecule has 0 aliphatic heterocycles. The number of halogens is 1. The number of aromatic nitrogens is 1. The topological polar surface area (TPSA) is 32.9 Å². The maximum absolute atomic E-state index is 11.5. The van der Waals surface area contributed by atoms with Gasteiger partial charge in [-0.1, -0.05) is 48.5 Å². The van der Waals surface area contributed by atoms with E-state index in [4.69, 9.17) is 11.6 Å². The van der Waals surface area contributed by atoms with Crippen molar-refractivity contribution in [3.63, 3.8) is 0 Å². The summed E-state index contributed by atoms with van der Waals surface area (Å²) in [6.07, 6.45) is 0. The lowest BCUT2D eigenvalue weighted by Gasteiger charge is -2.01. The summed E-state index contributed by atoms with van der Waals surface area (Å²) in [5.41, 5.74) is 3.22. The van der Waals surface area contributed by atoms with Gasteiger partial charge in [0, 0.05) is 16.5 Å². The number of para-hydroxylation sites is 1. The van der Waals surface area contributed by atoms with E-state index in [-0.39, 0.29) is 0 Å². The average molecular weight is 256 g/mol. The highest BCUT2D eigenvalue weighted by molar-refractivity contribution is 6.68. The molecular formula is C15H10ClNO. The van der Waals surface area contributed by atoms with Crippen LogP contribution in [0.2, 0.25) is 0 Å². The number of rotatable bonds is 2. The van der Waals surface area contributed by atoms with E-state index < -0.39 is 5.24 Å². The van der Waals surface area contributed by atoms with Crippen molar-refractivity contribution >= 4 is 27.7 Å². The first-order valence-corrected chi connectivity index (χ1v) is 6.01. The third-order valence-electron chi connectivity index (χ3n) is 2.97. The van der Waals surface area contributed by atoms with Gasteiger partial charge < -0.3 is 4.98 Å². The van der Waals surface area contributed by atoms with Crippen molar-refractivity contribution in [1.29, 1.82) is 0 Å². The molecule has 0 fully saturated rings. The molecule has 0 saturated carbocycles. The van der Waals surface area contributed by atoms with Crippen LogP contribution in [0, 0.1) is 0 Å². The normalized spacial score (nSPS) is 10.7. The first-order valence-electron chi connectivity index (χ1n) is 5.63. The Balaban J connectivity index is 2.38. The molecule has 2 aromatic carbocycles. The SMILES string of the molecule is O=C(Cl)c1[nH]c2ccccc2c1-c1ccccc1. The van der Waals surface area contributed by atoms with E-state index >= 15 is 0 Å². The van der Waals surface area contributed by atoms with E-state index in [0.29, 0.717) is 5.69 Å². The zero-order valence-corrected chi connectivity index (χ0v) is 10.2. The summed E-state index contributed by atoms with van der Waals surface area (Å²) in [6.45, 7) is 0. The van der Waals surface area contributed by atoms with Gasteiger partial charge in [0.2, 0.25) is 0 Å². The van der Waals surface area contributed by atoms with Crippen molar-refractivity contribution in [3.05, 3.63) is 60.3 Å². The number of aromatic amines is 1. The van der Waals surface area contributed by atoms with Gasteiger partial charge in [0.25, 0.3) is 5.24 Å². The number of carbonyl (C=O) groups excluding carboxylic acids is 1. The van der Waals surface area contributed by atoms with Crippen LogP contribution < -0.4 is 0 Å². The molecule has 0 unspecified atom stereocenters. The Bertz CT molecular complexity index is 716. The molecule has 1 heterocycles. The summed E-state index contributed by atoms with van der Waals surface area (Å²) >= 11 is 5.66. The summed E-state index contributed by atoms with van der Waals surface area (Å²) in [5.74, 6) is 0. The molecule has 1 N–H and O–H groups in total. The van der Waals surface area contributed by atoms with Crippen molar-refractivity contribution in [2.45, 2.75) is 0 Å². The lowest BCUT2D eigenvalue weighted by Crippen LogP contribution is -1.91. The predicted molar refractivity (Wildman–Crippen MR) is 73.9 cm³/mol. The Morgan fingerprint density at radius 3 is 2.33 bits per heavy atom. The molecule has 0 bridgehead atoms. The van der Waals surface area contributed by atoms with Crippen LogP contribution in [0.1, 0.15) is 10.5 Å². The highest BCUT2D eigenvalue weighted by Gasteiger charge is 2.16. The van der Waals surface area contributed by atoms with E-state index in [9.17, 15) is 4.79 Å². The van der Waals surface area contributed by atoms with E-state index in [0.717, 1.165) is 22.0 Å². The molecule has 0 aliphatic carbocycles. The maximum Gasteiger partial charge on any atom is 0.269 e. The Morgan fingerprint density at radius 1 is 0.944 bits per heavy atom. The average Bonchev–Trinajstić information content (AvgIpc) is 2.79. The quantitative estimate of drug-likeness (QED) is 0.684. The second-order valence-corrected chi connectivity index (χ2v) is 4.40. The van der Waals surface area contributed by atoms with Crippen molar-refractivity contribution < 1.29 is 4.79 Å². The van der Waals surface area contributed by atoms with E-state index in [1.807, 2.05) is 54.6 Å². The molecule has 0 atom stereocenters. The molecule has 3 rings (SSSR count). The molecule has 3 heteroatoms. The van der Waals surface area contributed by atoms with Gasteiger partial charge in [0.15, 0.2) is 0 Å². The zero-order valence-electron chi connectivity index (χ0n) is 9.48. The van der Waals surface area contributed by atoms with Crippen LogP contribution in [-0.4, -0.2) is 10.2 Å². The number of hydrogen-bond acceptors (Lipinski definition) is 1. The fourth-order valence-electron chi connectivity index (χ4n) is 2.19. The predicted octanol–water partition coefficient (Wildman–Crippen LogP) is 4.21. The minimum absolute atomic E-state index is 0.448. The minimum atomic E-state index is -0.468. The standard InChI is InChI=1S/C15H10ClNO/c16-15(18)14-13(10-6-2-1-3-7-10)11-8-4-5-9-12(11)17-14/h1-9,17H. The molecular weight excluding hydrogens is 246 g/mol. The molecule has 2 nitrogen and oxygen atoms in total. The Kier molecular flexibility index (Phi) is 2.65. The third kappa shape index (κ3) is 1.71. The summed E-state index contributed by atoms with van der Waals surface area (Å²) < 4.78 is 0. The lowest BCUT2D eigenvalue weighted by molar-refractivity contribution is 0.107. The van der Waals surface area contributed by atoms with Gasteiger partial charge in [-0.2, -0.15) is 0 Å². The molecule has 3 aromatic rings. The summed E-state index contributed by atoms with van der Waals surface area (Å²) in [4.78, 5) is 14.6.